The van der Waals surface area contributed by atoms with E-state index in [0.717, 1.165) is 39.0 Å². The van der Waals surface area contributed by atoms with Crippen molar-refractivity contribution in [1.82, 2.24) is 29.7 Å². The molecule has 3 aliphatic heterocycles. The maximum Gasteiger partial charge on any atom is 0.256 e. The number of likely N-dealkylation sites (tertiary alicyclic amines) is 1. The van der Waals surface area contributed by atoms with Gasteiger partial charge >= 0.3 is 0 Å². The normalized spacial score (nSPS) is 24.8. The third-order valence-corrected chi connectivity index (χ3v) is 7.10. The van der Waals surface area contributed by atoms with Gasteiger partial charge in [0.25, 0.3) is 5.91 Å². The van der Waals surface area contributed by atoms with Gasteiger partial charge in [-0.3, -0.25) is 14.3 Å². The molecule has 0 saturated carbocycles. The summed E-state index contributed by atoms with van der Waals surface area (Å²) in [7, 11) is 0. The number of hydrogen-bond acceptors (Lipinski definition) is 7. The molecule has 3 aromatic rings. The average molecular weight is 434 g/mol. The summed E-state index contributed by atoms with van der Waals surface area (Å²) in [4.78, 5) is 28.4. The van der Waals surface area contributed by atoms with Crippen molar-refractivity contribution >= 4 is 22.9 Å². The van der Waals surface area contributed by atoms with Crippen molar-refractivity contribution in [1.29, 1.82) is 0 Å². The van der Waals surface area contributed by atoms with Crippen molar-refractivity contribution in [3.8, 4) is 0 Å². The summed E-state index contributed by atoms with van der Waals surface area (Å²) < 4.78 is 8.41. The van der Waals surface area contributed by atoms with Gasteiger partial charge in [-0.25, -0.2) is 15.0 Å². The van der Waals surface area contributed by atoms with Crippen molar-refractivity contribution in [3.63, 3.8) is 0 Å². The second-order valence-corrected chi connectivity index (χ2v) is 9.03. The SMILES string of the molecule is O=C(Nc1ncnc2c1ncn2C1CCC(CN2CCCC23CNC3)O1)c1ccccc1. The number of nitrogens with zero attached hydrogens (tertiary/aromatic N) is 5. The van der Waals surface area contributed by atoms with Crippen molar-refractivity contribution in [3.05, 3.63) is 48.5 Å². The number of benzene rings is 1. The largest absolute Gasteiger partial charge is 0.353 e. The number of rotatable bonds is 5. The van der Waals surface area contributed by atoms with Gasteiger partial charge in [0.05, 0.1) is 12.4 Å². The quantitative estimate of drug-likeness (QED) is 0.637. The molecule has 2 unspecified atom stereocenters. The molecule has 2 aromatic heterocycles. The molecule has 5 heterocycles. The number of carbonyl (C=O) groups excluding carboxylic acids is 1. The van der Waals surface area contributed by atoms with Gasteiger partial charge in [0, 0.05) is 30.7 Å². The maximum atomic E-state index is 12.6. The smallest absolute Gasteiger partial charge is 0.256 e. The first-order valence-corrected chi connectivity index (χ1v) is 11.4. The number of amides is 1. The van der Waals surface area contributed by atoms with E-state index < -0.39 is 0 Å². The lowest BCUT2D eigenvalue weighted by Gasteiger charge is -2.47. The molecule has 1 spiro atoms. The van der Waals surface area contributed by atoms with Crippen LogP contribution in [0.5, 0.6) is 0 Å². The lowest BCUT2D eigenvalue weighted by Crippen LogP contribution is -2.66. The zero-order valence-electron chi connectivity index (χ0n) is 17.9. The summed E-state index contributed by atoms with van der Waals surface area (Å²) in [5, 5.41) is 6.30. The zero-order chi connectivity index (χ0) is 21.5. The highest BCUT2D eigenvalue weighted by Gasteiger charge is 2.46. The Bertz CT molecular complexity index is 1130. The van der Waals surface area contributed by atoms with Crippen LogP contribution >= 0.6 is 0 Å². The monoisotopic (exact) mass is 433 g/mol. The molecule has 6 rings (SSSR count). The van der Waals surface area contributed by atoms with Gasteiger partial charge in [-0.2, -0.15) is 0 Å². The van der Waals surface area contributed by atoms with Gasteiger partial charge in [0.2, 0.25) is 0 Å². The Balaban J connectivity index is 1.17. The van der Waals surface area contributed by atoms with E-state index in [2.05, 4.69) is 30.5 Å². The van der Waals surface area contributed by atoms with Gasteiger partial charge in [-0.1, -0.05) is 18.2 Å². The van der Waals surface area contributed by atoms with E-state index in [9.17, 15) is 4.79 Å². The Hall–Kier alpha value is -2.88. The molecule has 0 bridgehead atoms. The second kappa shape index (κ2) is 7.91. The second-order valence-electron chi connectivity index (χ2n) is 9.03. The fourth-order valence-corrected chi connectivity index (χ4v) is 5.29. The molecule has 3 saturated heterocycles. The molecule has 9 heteroatoms. The van der Waals surface area contributed by atoms with Crippen molar-refractivity contribution in [2.75, 3.05) is 31.5 Å². The summed E-state index contributed by atoms with van der Waals surface area (Å²) in [6, 6.07) is 9.08. The Morgan fingerprint density at radius 1 is 1.19 bits per heavy atom. The highest BCUT2D eigenvalue weighted by Crippen LogP contribution is 2.36. The number of aromatic nitrogens is 4. The molecule has 1 aromatic carbocycles. The molecule has 2 N–H and O–H groups in total. The number of imidazole rings is 1. The highest BCUT2D eigenvalue weighted by molar-refractivity contribution is 6.06. The number of fused-ring (bicyclic) bond motifs is 1. The van der Waals surface area contributed by atoms with Crippen LogP contribution in [0.15, 0.2) is 43.0 Å². The molecule has 32 heavy (non-hydrogen) atoms. The highest BCUT2D eigenvalue weighted by atomic mass is 16.5. The van der Waals surface area contributed by atoms with Gasteiger partial charge in [-0.05, 0) is 44.4 Å². The van der Waals surface area contributed by atoms with Crippen molar-refractivity contribution in [2.45, 2.75) is 43.6 Å². The molecule has 166 valence electrons. The molecular formula is C23H27N7O2. The van der Waals surface area contributed by atoms with Crippen molar-refractivity contribution < 1.29 is 9.53 Å². The Morgan fingerprint density at radius 3 is 2.88 bits per heavy atom. The van der Waals surface area contributed by atoms with E-state index in [1.807, 2.05) is 22.8 Å². The fraction of sp³-hybridized carbons (Fsp3) is 0.478. The van der Waals surface area contributed by atoms with Gasteiger partial charge in [0.1, 0.15) is 12.6 Å². The van der Waals surface area contributed by atoms with Crippen molar-refractivity contribution in [2.24, 2.45) is 0 Å². The average Bonchev–Trinajstić information content (AvgIpc) is 3.52. The molecule has 3 aliphatic rings. The van der Waals surface area contributed by atoms with Crippen LogP contribution in [0.25, 0.3) is 11.2 Å². The molecule has 9 nitrogen and oxygen atoms in total. The first-order chi connectivity index (χ1) is 15.7. The molecule has 1 amide bonds. The van der Waals surface area contributed by atoms with E-state index in [-0.39, 0.29) is 18.2 Å². The van der Waals surface area contributed by atoms with E-state index in [0.29, 0.717) is 28.1 Å². The lowest BCUT2D eigenvalue weighted by atomic mass is 9.89. The predicted octanol–water partition coefficient (Wildman–Crippen LogP) is 2.19. The summed E-state index contributed by atoms with van der Waals surface area (Å²) >= 11 is 0. The van der Waals surface area contributed by atoms with E-state index in [4.69, 9.17) is 4.74 Å². The number of anilines is 1. The number of hydrogen-bond donors (Lipinski definition) is 2. The van der Waals surface area contributed by atoms with Crippen LogP contribution in [-0.4, -0.2) is 68.1 Å². The summed E-state index contributed by atoms with van der Waals surface area (Å²) in [5.74, 6) is 0.191. The molecular weight excluding hydrogens is 406 g/mol. The molecule has 3 fully saturated rings. The van der Waals surface area contributed by atoms with Gasteiger partial charge < -0.3 is 15.4 Å². The minimum absolute atomic E-state index is 0.101. The zero-order valence-corrected chi connectivity index (χ0v) is 17.9. The van der Waals surface area contributed by atoms with E-state index >= 15 is 0 Å². The number of ether oxygens (including phenoxy) is 1. The minimum atomic E-state index is -0.220. The maximum absolute atomic E-state index is 12.6. The summed E-state index contributed by atoms with van der Waals surface area (Å²) in [6.45, 7) is 4.35. The standard InChI is InChI=1S/C23H27N7O2/c31-22(16-5-2-1-3-6-16)28-20-19-21(26-14-25-20)30(15-27-19)18-8-7-17(32-18)11-29-10-4-9-23(29)12-24-13-23/h1-3,5-6,14-15,17-18,24H,4,7-13H2,(H,25,26,28,31). The number of carbonyl (C=O) groups is 1. The van der Waals surface area contributed by atoms with Crippen LogP contribution in [-0.2, 0) is 4.74 Å². The lowest BCUT2D eigenvalue weighted by molar-refractivity contribution is -0.0316. The molecule has 0 radical (unpaired) electrons. The molecule has 0 aliphatic carbocycles. The van der Waals surface area contributed by atoms with Crippen LogP contribution in [0.2, 0.25) is 0 Å². The number of nitrogens with one attached hydrogen (secondary N) is 2. The van der Waals surface area contributed by atoms with Crippen LogP contribution in [0.3, 0.4) is 0 Å². The Labute approximate surface area is 186 Å². The van der Waals surface area contributed by atoms with Gasteiger partial charge in [-0.15, -0.1) is 0 Å². The van der Waals surface area contributed by atoms with Crippen LogP contribution < -0.4 is 10.6 Å². The Kier molecular flexibility index (Phi) is 4.89. The Morgan fingerprint density at radius 2 is 2.06 bits per heavy atom. The first kappa shape index (κ1) is 19.8. The van der Waals surface area contributed by atoms with E-state index in [1.54, 1.807) is 18.5 Å². The van der Waals surface area contributed by atoms with Crippen LogP contribution in [0.4, 0.5) is 5.82 Å². The van der Waals surface area contributed by atoms with E-state index in [1.165, 1.54) is 19.2 Å². The minimum Gasteiger partial charge on any atom is -0.353 e. The summed E-state index contributed by atoms with van der Waals surface area (Å²) in [5.41, 5.74) is 2.18. The topological polar surface area (TPSA) is 97.2 Å². The van der Waals surface area contributed by atoms with Gasteiger partial charge in [0.15, 0.2) is 17.0 Å². The molecule has 2 atom stereocenters. The first-order valence-electron chi connectivity index (χ1n) is 11.4. The third kappa shape index (κ3) is 3.37. The predicted molar refractivity (Wildman–Crippen MR) is 119 cm³/mol. The fourth-order valence-electron chi connectivity index (χ4n) is 5.29. The summed E-state index contributed by atoms with van der Waals surface area (Å²) in [6.07, 6.45) is 7.83. The van der Waals surface area contributed by atoms with Crippen LogP contribution in [0.1, 0.15) is 42.3 Å². The third-order valence-electron chi connectivity index (χ3n) is 7.10. The van der Waals surface area contributed by atoms with Crippen LogP contribution in [0, 0.1) is 0 Å².